The number of hydrogen-bond acceptors (Lipinski definition) is 4. The first-order valence-corrected chi connectivity index (χ1v) is 8.61. The van der Waals surface area contributed by atoms with Gasteiger partial charge in [0.1, 0.15) is 5.82 Å². The number of rotatable bonds is 2. The van der Waals surface area contributed by atoms with Crippen molar-refractivity contribution in [2.45, 2.75) is 19.3 Å². The molecule has 1 aliphatic carbocycles. The van der Waals surface area contributed by atoms with E-state index in [1.165, 1.54) is 6.07 Å². The first-order chi connectivity index (χ1) is 12.8. The summed E-state index contributed by atoms with van der Waals surface area (Å²) in [6.45, 7) is 0. The third-order valence-corrected chi connectivity index (χ3v) is 4.72. The summed E-state index contributed by atoms with van der Waals surface area (Å²) >= 11 is 0. The van der Waals surface area contributed by atoms with E-state index in [1.54, 1.807) is 16.9 Å². The smallest absolute Gasteiger partial charge is 0.242 e. The molecule has 0 spiro atoms. The average molecular weight is 345 g/mol. The van der Waals surface area contributed by atoms with Crippen molar-refractivity contribution < 1.29 is 4.39 Å². The highest BCUT2D eigenvalue weighted by molar-refractivity contribution is 5.78. The van der Waals surface area contributed by atoms with Gasteiger partial charge in [-0.1, -0.05) is 6.07 Å². The van der Waals surface area contributed by atoms with Crippen LogP contribution in [0.3, 0.4) is 0 Å². The van der Waals surface area contributed by atoms with Gasteiger partial charge in [-0.3, -0.25) is 15.1 Å². The minimum Gasteiger partial charge on any atom is -0.265 e. The number of benzene rings is 1. The topological polar surface area (TPSA) is 55.6 Å². The van der Waals surface area contributed by atoms with Gasteiger partial charge in [0, 0.05) is 29.5 Å². The normalized spacial score (nSPS) is 13.1. The van der Waals surface area contributed by atoms with E-state index in [9.17, 15) is 4.39 Å². The fourth-order valence-electron chi connectivity index (χ4n) is 3.48. The first kappa shape index (κ1) is 15.0. The van der Waals surface area contributed by atoms with E-state index >= 15 is 0 Å². The largest absolute Gasteiger partial charge is 0.265 e. The van der Waals surface area contributed by atoms with Crippen LogP contribution >= 0.6 is 0 Å². The maximum Gasteiger partial charge on any atom is 0.242 e. The molecule has 1 aliphatic rings. The molecule has 4 aromatic rings. The number of nitrogens with one attached hydrogen (secondary N) is 1. The minimum atomic E-state index is -0.243. The Hall–Kier alpha value is -3.28. The second-order valence-corrected chi connectivity index (χ2v) is 6.48. The van der Waals surface area contributed by atoms with Crippen molar-refractivity contribution in [2.75, 3.05) is 5.43 Å². The number of hydrogen-bond donors (Lipinski definition) is 1. The van der Waals surface area contributed by atoms with Crippen molar-refractivity contribution in [3.63, 3.8) is 0 Å². The molecule has 1 aromatic carbocycles. The fraction of sp³-hybridized carbons (Fsp3) is 0.150. The number of fused-ring (bicyclic) bond motifs is 4. The number of anilines is 1. The lowest BCUT2D eigenvalue weighted by Gasteiger charge is -2.11. The molecule has 0 radical (unpaired) electrons. The van der Waals surface area contributed by atoms with Gasteiger partial charge in [0.15, 0.2) is 0 Å². The second kappa shape index (κ2) is 5.91. The molecule has 0 amide bonds. The van der Waals surface area contributed by atoms with E-state index in [2.05, 4.69) is 15.4 Å². The van der Waals surface area contributed by atoms with Crippen LogP contribution in [-0.4, -0.2) is 19.6 Å². The van der Waals surface area contributed by atoms with Crippen LogP contribution in [0.1, 0.15) is 17.5 Å². The summed E-state index contributed by atoms with van der Waals surface area (Å²) in [5, 5.41) is 1.03. The van der Waals surface area contributed by atoms with Gasteiger partial charge in [-0.15, -0.1) is 0 Å². The molecule has 128 valence electrons. The summed E-state index contributed by atoms with van der Waals surface area (Å²) in [6, 6.07) is 8.85. The summed E-state index contributed by atoms with van der Waals surface area (Å²) in [4.78, 5) is 13.5. The van der Waals surface area contributed by atoms with Gasteiger partial charge in [-0.25, -0.2) is 14.4 Å². The molecule has 5 rings (SSSR count). The summed E-state index contributed by atoms with van der Waals surface area (Å²) in [5.74, 6) is 0.230. The number of pyridine rings is 1. The Morgan fingerprint density at radius 3 is 2.88 bits per heavy atom. The number of halogens is 1. The van der Waals surface area contributed by atoms with Crippen LogP contribution in [0.4, 0.5) is 10.3 Å². The highest BCUT2D eigenvalue weighted by Gasteiger charge is 2.18. The van der Waals surface area contributed by atoms with Crippen molar-refractivity contribution in [3.05, 3.63) is 72.1 Å². The third kappa shape index (κ3) is 2.60. The Morgan fingerprint density at radius 2 is 1.96 bits per heavy atom. The van der Waals surface area contributed by atoms with E-state index in [4.69, 9.17) is 4.98 Å². The second-order valence-electron chi connectivity index (χ2n) is 6.48. The van der Waals surface area contributed by atoms with Gasteiger partial charge in [-0.05, 0) is 54.7 Å². The monoisotopic (exact) mass is 345 g/mol. The maximum atomic E-state index is 13.8. The standard InChI is InChI=1S/C20H16FN5/c21-16-7-6-13-3-1-4-14-10-23-20(24-19(14)17(13)9-16)25-26-11-15-5-2-8-22-18(15)12-26/h2,5-12H,1,3-4H2,(H,23,24,25). The molecule has 0 bridgehead atoms. The summed E-state index contributed by atoms with van der Waals surface area (Å²) in [7, 11) is 0. The quantitative estimate of drug-likeness (QED) is 0.597. The lowest BCUT2D eigenvalue weighted by atomic mass is 10.0. The number of nitrogens with zero attached hydrogens (tertiary/aromatic N) is 4. The molecule has 0 saturated carbocycles. The summed E-state index contributed by atoms with van der Waals surface area (Å²) in [5.41, 5.74) is 7.92. The lowest BCUT2D eigenvalue weighted by molar-refractivity contribution is 0.627. The fourth-order valence-corrected chi connectivity index (χ4v) is 3.48. The summed E-state index contributed by atoms with van der Waals surface area (Å²) in [6.07, 6.45) is 10.2. The Balaban J connectivity index is 1.56. The van der Waals surface area contributed by atoms with Gasteiger partial charge < -0.3 is 0 Å². The minimum absolute atomic E-state index is 0.243. The first-order valence-electron chi connectivity index (χ1n) is 8.61. The molecule has 0 atom stereocenters. The van der Waals surface area contributed by atoms with Gasteiger partial charge in [0.2, 0.25) is 5.95 Å². The van der Waals surface area contributed by atoms with E-state index < -0.39 is 0 Å². The SMILES string of the molecule is Fc1ccc2c(c1)-c1nc(Nn3cc4cccnc4c3)ncc1CCC2. The van der Waals surface area contributed by atoms with Crippen LogP contribution in [0.15, 0.2) is 55.1 Å². The van der Waals surface area contributed by atoms with Gasteiger partial charge >= 0.3 is 0 Å². The van der Waals surface area contributed by atoms with Crippen molar-refractivity contribution in [1.82, 2.24) is 19.6 Å². The molecular formula is C20H16FN5. The Labute approximate surface area is 149 Å². The van der Waals surface area contributed by atoms with Crippen LogP contribution in [0.25, 0.3) is 22.2 Å². The Kier molecular flexibility index (Phi) is 3.41. The van der Waals surface area contributed by atoms with Gasteiger partial charge in [0.05, 0.1) is 17.4 Å². The third-order valence-electron chi connectivity index (χ3n) is 4.72. The molecule has 0 fully saturated rings. The predicted octanol–water partition coefficient (Wildman–Crippen LogP) is 4.00. The van der Waals surface area contributed by atoms with Crippen molar-refractivity contribution >= 4 is 16.9 Å². The molecule has 3 heterocycles. The van der Waals surface area contributed by atoms with Crippen LogP contribution in [0.2, 0.25) is 0 Å². The van der Waals surface area contributed by atoms with Gasteiger partial charge in [-0.2, -0.15) is 0 Å². The molecule has 1 N–H and O–H groups in total. The lowest BCUT2D eigenvalue weighted by Crippen LogP contribution is -2.10. The van der Waals surface area contributed by atoms with Crippen LogP contribution in [0.5, 0.6) is 0 Å². The molecule has 26 heavy (non-hydrogen) atoms. The van der Waals surface area contributed by atoms with Gasteiger partial charge in [0.25, 0.3) is 0 Å². The molecule has 0 saturated heterocycles. The zero-order valence-electron chi connectivity index (χ0n) is 14.0. The van der Waals surface area contributed by atoms with Crippen LogP contribution in [0, 0.1) is 5.82 Å². The van der Waals surface area contributed by atoms with E-state index in [-0.39, 0.29) is 5.82 Å². The van der Waals surface area contributed by atoms with Crippen molar-refractivity contribution in [3.8, 4) is 11.3 Å². The Bertz CT molecular complexity index is 1090. The summed E-state index contributed by atoms with van der Waals surface area (Å²) < 4.78 is 15.6. The number of aromatic nitrogens is 4. The highest BCUT2D eigenvalue weighted by atomic mass is 19.1. The molecule has 6 heteroatoms. The van der Waals surface area contributed by atoms with E-state index in [0.717, 1.165) is 52.5 Å². The van der Waals surface area contributed by atoms with E-state index in [1.807, 2.05) is 36.8 Å². The molecule has 3 aromatic heterocycles. The van der Waals surface area contributed by atoms with Crippen LogP contribution in [-0.2, 0) is 12.8 Å². The number of aryl methyl sites for hydroxylation is 2. The zero-order chi connectivity index (χ0) is 17.5. The van der Waals surface area contributed by atoms with Crippen LogP contribution < -0.4 is 5.43 Å². The zero-order valence-corrected chi connectivity index (χ0v) is 14.0. The molecule has 0 unspecified atom stereocenters. The maximum absolute atomic E-state index is 13.8. The van der Waals surface area contributed by atoms with Crippen molar-refractivity contribution in [2.24, 2.45) is 0 Å². The van der Waals surface area contributed by atoms with Crippen molar-refractivity contribution in [1.29, 1.82) is 0 Å². The molecule has 5 nitrogen and oxygen atoms in total. The van der Waals surface area contributed by atoms with E-state index in [0.29, 0.717) is 5.95 Å². The average Bonchev–Trinajstić information content (AvgIpc) is 2.97. The molecular weight excluding hydrogens is 329 g/mol. The predicted molar refractivity (Wildman–Crippen MR) is 98.2 cm³/mol. The Morgan fingerprint density at radius 1 is 1.04 bits per heavy atom. The highest BCUT2D eigenvalue weighted by Crippen LogP contribution is 2.31. The molecule has 0 aliphatic heterocycles.